The summed E-state index contributed by atoms with van der Waals surface area (Å²) in [6.45, 7) is 7.66. The van der Waals surface area contributed by atoms with Crippen LogP contribution in [0.5, 0.6) is 5.75 Å². The molecule has 0 radical (unpaired) electrons. The second-order valence-electron chi connectivity index (χ2n) is 5.93. The van der Waals surface area contributed by atoms with E-state index in [0.717, 1.165) is 18.8 Å². The molecular formula is C20H19Cl4NO4. The Morgan fingerprint density at radius 3 is 1.97 bits per heavy atom. The van der Waals surface area contributed by atoms with Gasteiger partial charge in [-0.15, -0.1) is 0 Å². The van der Waals surface area contributed by atoms with Crippen molar-refractivity contribution >= 4 is 63.8 Å². The maximum Gasteiger partial charge on any atom is 0.338 e. The summed E-state index contributed by atoms with van der Waals surface area (Å²) in [5, 5.41) is 8.55. The Labute approximate surface area is 189 Å². The third kappa shape index (κ3) is 4.58. The molecule has 0 aliphatic rings. The lowest BCUT2D eigenvalue weighted by atomic mass is 9.97. The number of benzene rings is 2. The zero-order chi connectivity index (χ0) is 21.9. The molecule has 0 spiro atoms. The van der Waals surface area contributed by atoms with Gasteiger partial charge in [-0.1, -0.05) is 46.4 Å². The van der Waals surface area contributed by atoms with Gasteiger partial charge in [0.2, 0.25) is 0 Å². The van der Waals surface area contributed by atoms with E-state index in [2.05, 4.69) is 4.90 Å². The number of hydrogen-bond acceptors (Lipinski definition) is 4. The van der Waals surface area contributed by atoms with Crippen LogP contribution in [-0.2, 0) is 0 Å². The number of ketones is 1. The highest BCUT2D eigenvalue weighted by molar-refractivity contribution is 6.54. The summed E-state index contributed by atoms with van der Waals surface area (Å²) in [6.07, 6.45) is 0. The third-order valence-electron chi connectivity index (χ3n) is 4.35. The molecule has 2 aromatic rings. The molecular weight excluding hydrogens is 460 g/mol. The molecule has 2 rings (SSSR count). The molecule has 0 atom stereocenters. The van der Waals surface area contributed by atoms with E-state index < -0.39 is 17.3 Å². The minimum Gasteiger partial charge on any atom is -0.493 e. The number of carbonyl (C=O) groups is 2. The van der Waals surface area contributed by atoms with Gasteiger partial charge in [0.15, 0.2) is 5.78 Å². The highest BCUT2D eigenvalue weighted by Crippen LogP contribution is 2.43. The highest BCUT2D eigenvalue weighted by Gasteiger charge is 2.30. The Bertz CT molecular complexity index is 958. The van der Waals surface area contributed by atoms with Crippen LogP contribution in [0, 0.1) is 0 Å². The first-order valence-electron chi connectivity index (χ1n) is 8.85. The van der Waals surface area contributed by atoms with E-state index in [1.54, 1.807) is 25.1 Å². The van der Waals surface area contributed by atoms with Crippen molar-refractivity contribution in [2.45, 2.75) is 20.8 Å². The summed E-state index contributed by atoms with van der Waals surface area (Å²) < 4.78 is 5.65. The summed E-state index contributed by atoms with van der Waals surface area (Å²) in [7, 11) is 0. The quantitative estimate of drug-likeness (QED) is 0.267. The van der Waals surface area contributed by atoms with Crippen LogP contribution in [0.15, 0.2) is 18.2 Å². The number of carboxylic acids is 1. The second-order valence-corrected chi connectivity index (χ2v) is 7.44. The van der Waals surface area contributed by atoms with Crippen LogP contribution in [0.25, 0.3) is 0 Å². The summed E-state index contributed by atoms with van der Waals surface area (Å²) in [5.41, 5.74) is 0.162. The number of carbonyl (C=O) groups excluding carboxylic acids is 1. The molecule has 0 heterocycles. The fraction of sp³-hybridized carbons (Fsp3) is 0.300. The van der Waals surface area contributed by atoms with E-state index in [1.165, 1.54) is 0 Å². The first-order valence-corrected chi connectivity index (χ1v) is 10.4. The number of aromatic carboxylic acids is 1. The van der Waals surface area contributed by atoms with Gasteiger partial charge >= 0.3 is 5.97 Å². The molecule has 5 nitrogen and oxygen atoms in total. The summed E-state index contributed by atoms with van der Waals surface area (Å²) >= 11 is 24.3. The van der Waals surface area contributed by atoms with Crippen LogP contribution in [-0.4, -0.2) is 36.6 Å². The van der Waals surface area contributed by atoms with Gasteiger partial charge in [-0.2, -0.15) is 0 Å². The zero-order valence-corrected chi connectivity index (χ0v) is 19.0. The Balaban J connectivity index is 2.74. The monoisotopic (exact) mass is 477 g/mol. The topological polar surface area (TPSA) is 66.8 Å². The molecule has 2 aromatic carbocycles. The first kappa shape index (κ1) is 23.6. The molecule has 0 aliphatic carbocycles. The molecule has 156 valence electrons. The zero-order valence-electron chi connectivity index (χ0n) is 16.0. The average Bonchev–Trinajstić information content (AvgIpc) is 2.69. The molecule has 0 unspecified atom stereocenters. The molecule has 0 aromatic heterocycles. The maximum absolute atomic E-state index is 13.3. The van der Waals surface area contributed by atoms with Gasteiger partial charge in [-0.25, -0.2) is 4.79 Å². The molecule has 0 saturated heterocycles. The van der Waals surface area contributed by atoms with Crippen molar-refractivity contribution in [3.8, 4) is 5.75 Å². The van der Waals surface area contributed by atoms with Gasteiger partial charge in [-0.3, -0.25) is 4.79 Å². The molecule has 0 amide bonds. The van der Waals surface area contributed by atoms with Gasteiger partial charge in [0.05, 0.1) is 43.4 Å². The standard InChI is InChI=1S/C20H19Cl4NO4/c1-4-25(5-2)10-7-8-11(12(9-10)29-6-3)19(26)13-14(20(27)28)16(22)18(24)17(23)15(13)21/h7-9H,4-6H2,1-3H3,(H,27,28). The van der Waals surface area contributed by atoms with E-state index in [-0.39, 0.29) is 31.2 Å². The highest BCUT2D eigenvalue weighted by atomic mass is 35.5. The minimum absolute atomic E-state index is 0.140. The fourth-order valence-electron chi connectivity index (χ4n) is 2.94. The summed E-state index contributed by atoms with van der Waals surface area (Å²) in [4.78, 5) is 27.2. The molecule has 0 fully saturated rings. The number of carboxylic acid groups (broad SMARTS) is 1. The Morgan fingerprint density at radius 2 is 1.48 bits per heavy atom. The summed E-state index contributed by atoms with van der Waals surface area (Å²) in [5.74, 6) is -1.82. The van der Waals surface area contributed by atoms with Crippen molar-refractivity contribution < 1.29 is 19.4 Å². The Morgan fingerprint density at radius 1 is 0.931 bits per heavy atom. The number of halogens is 4. The molecule has 0 saturated carbocycles. The molecule has 1 N–H and O–H groups in total. The number of hydrogen-bond donors (Lipinski definition) is 1. The van der Waals surface area contributed by atoms with Crippen LogP contribution in [0.1, 0.15) is 47.1 Å². The lowest BCUT2D eigenvalue weighted by Crippen LogP contribution is -2.22. The fourth-order valence-corrected chi connectivity index (χ4v) is 3.96. The second kappa shape index (κ2) is 9.90. The van der Waals surface area contributed by atoms with Crippen LogP contribution < -0.4 is 9.64 Å². The minimum atomic E-state index is -1.45. The third-order valence-corrected chi connectivity index (χ3v) is 6.15. The van der Waals surface area contributed by atoms with Crippen LogP contribution in [0.3, 0.4) is 0 Å². The van der Waals surface area contributed by atoms with Crippen LogP contribution >= 0.6 is 46.4 Å². The largest absolute Gasteiger partial charge is 0.493 e. The van der Waals surface area contributed by atoms with Crippen molar-refractivity contribution in [3.05, 3.63) is 55.0 Å². The molecule has 0 bridgehead atoms. The predicted molar refractivity (Wildman–Crippen MR) is 118 cm³/mol. The lowest BCUT2D eigenvalue weighted by molar-refractivity contribution is 0.0693. The van der Waals surface area contributed by atoms with Crippen molar-refractivity contribution in [2.24, 2.45) is 0 Å². The summed E-state index contributed by atoms with van der Waals surface area (Å²) in [6, 6.07) is 5.06. The SMILES string of the molecule is CCOc1cc(N(CC)CC)ccc1C(=O)c1c(Cl)c(Cl)c(Cl)c(Cl)c1C(=O)O. The van der Waals surface area contributed by atoms with E-state index in [4.69, 9.17) is 51.1 Å². The normalized spacial score (nSPS) is 10.7. The first-order chi connectivity index (χ1) is 13.7. The number of nitrogens with zero attached hydrogens (tertiary/aromatic N) is 1. The van der Waals surface area contributed by atoms with E-state index in [0.29, 0.717) is 12.4 Å². The number of rotatable bonds is 8. The van der Waals surface area contributed by atoms with Crippen molar-refractivity contribution in [2.75, 3.05) is 24.6 Å². The average molecular weight is 479 g/mol. The van der Waals surface area contributed by atoms with Crippen LogP contribution in [0.4, 0.5) is 5.69 Å². The molecule has 0 aliphatic heterocycles. The van der Waals surface area contributed by atoms with Crippen molar-refractivity contribution in [1.82, 2.24) is 0 Å². The van der Waals surface area contributed by atoms with Gasteiger partial charge in [0.25, 0.3) is 0 Å². The van der Waals surface area contributed by atoms with Gasteiger partial charge in [-0.05, 0) is 32.9 Å². The van der Waals surface area contributed by atoms with E-state index in [9.17, 15) is 14.7 Å². The predicted octanol–water partition coefficient (Wildman–Crippen LogP) is 6.47. The van der Waals surface area contributed by atoms with Gasteiger partial charge in [0.1, 0.15) is 5.75 Å². The van der Waals surface area contributed by atoms with Crippen molar-refractivity contribution in [1.29, 1.82) is 0 Å². The molecule has 9 heteroatoms. The van der Waals surface area contributed by atoms with Crippen molar-refractivity contribution in [3.63, 3.8) is 0 Å². The number of ether oxygens (including phenoxy) is 1. The number of anilines is 1. The van der Waals surface area contributed by atoms with Gasteiger partial charge in [0, 0.05) is 24.8 Å². The van der Waals surface area contributed by atoms with Gasteiger partial charge < -0.3 is 14.7 Å². The smallest absolute Gasteiger partial charge is 0.338 e. The maximum atomic E-state index is 13.3. The Kier molecular flexibility index (Phi) is 8.06. The molecule has 29 heavy (non-hydrogen) atoms. The van der Waals surface area contributed by atoms with E-state index in [1.807, 2.05) is 13.8 Å². The van der Waals surface area contributed by atoms with E-state index >= 15 is 0 Å². The lowest BCUT2D eigenvalue weighted by Gasteiger charge is -2.23. The van der Waals surface area contributed by atoms with Crippen LogP contribution in [0.2, 0.25) is 20.1 Å². The Hall–Kier alpha value is -1.66.